The predicted octanol–water partition coefficient (Wildman–Crippen LogP) is 2.80. The van der Waals surface area contributed by atoms with Crippen LogP contribution in [-0.4, -0.2) is 37.4 Å². The normalized spacial score (nSPS) is 32.7. The number of ether oxygens (including phenoxy) is 3. The molecule has 2 fully saturated rings. The standard InChI is InChI=1S/C18H26O5/c1-4-16(19)22-14-10-13-8-7-9-18(13,12-21-6-3)11-15(14)23-17(20)5-2/h4-5,13-15H,1-2,6-12H2,3H3. The van der Waals surface area contributed by atoms with Gasteiger partial charge in [0.05, 0.1) is 6.61 Å². The van der Waals surface area contributed by atoms with Crippen molar-refractivity contribution in [2.45, 2.75) is 51.2 Å². The minimum Gasteiger partial charge on any atom is -0.455 e. The van der Waals surface area contributed by atoms with Crippen LogP contribution in [0.5, 0.6) is 0 Å². The topological polar surface area (TPSA) is 61.8 Å². The highest BCUT2D eigenvalue weighted by atomic mass is 16.6. The lowest BCUT2D eigenvalue weighted by atomic mass is 9.66. The van der Waals surface area contributed by atoms with Crippen LogP contribution in [0.25, 0.3) is 0 Å². The molecular formula is C18H26O5. The first-order valence-electron chi connectivity index (χ1n) is 8.28. The highest BCUT2D eigenvalue weighted by Crippen LogP contribution is 2.53. The third kappa shape index (κ3) is 4.02. The number of rotatable bonds is 7. The molecule has 0 aromatic carbocycles. The van der Waals surface area contributed by atoms with Crippen LogP contribution in [0.15, 0.2) is 25.3 Å². The number of carbonyl (C=O) groups excluding carboxylic acids is 2. The van der Waals surface area contributed by atoms with Crippen molar-refractivity contribution in [2.75, 3.05) is 13.2 Å². The summed E-state index contributed by atoms with van der Waals surface area (Å²) in [6, 6.07) is 0. The van der Waals surface area contributed by atoms with Crippen LogP contribution in [0.1, 0.15) is 39.0 Å². The minimum atomic E-state index is -0.488. The van der Waals surface area contributed by atoms with Crippen molar-refractivity contribution in [1.82, 2.24) is 0 Å². The fourth-order valence-electron chi connectivity index (χ4n) is 4.00. The molecule has 0 aromatic rings. The largest absolute Gasteiger partial charge is 0.455 e. The fraction of sp³-hybridized carbons (Fsp3) is 0.667. The third-order valence-electron chi connectivity index (χ3n) is 5.09. The Bertz CT molecular complexity index is 472. The summed E-state index contributed by atoms with van der Waals surface area (Å²) >= 11 is 0. The summed E-state index contributed by atoms with van der Waals surface area (Å²) in [7, 11) is 0. The van der Waals surface area contributed by atoms with Gasteiger partial charge in [-0.2, -0.15) is 0 Å². The Morgan fingerprint density at radius 2 is 1.83 bits per heavy atom. The SMILES string of the molecule is C=CC(=O)OC1CC2CCCC2(COCC)CC1OC(=O)C=C. The van der Waals surface area contributed by atoms with Crippen LogP contribution in [0.2, 0.25) is 0 Å². The van der Waals surface area contributed by atoms with E-state index in [0.717, 1.165) is 31.4 Å². The number of hydrogen-bond acceptors (Lipinski definition) is 5. The van der Waals surface area contributed by atoms with Crippen LogP contribution < -0.4 is 0 Å². The molecule has 2 rings (SSSR count). The number of esters is 2. The summed E-state index contributed by atoms with van der Waals surface area (Å²) in [5.41, 5.74) is 0.0131. The molecule has 0 bridgehead atoms. The fourth-order valence-corrected chi connectivity index (χ4v) is 4.00. The molecule has 2 aliphatic carbocycles. The Labute approximate surface area is 137 Å². The Balaban J connectivity index is 2.17. The van der Waals surface area contributed by atoms with E-state index < -0.39 is 24.1 Å². The lowest BCUT2D eigenvalue weighted by molar-refractivity contribution is -0.177. The van der Waals surface area contributed by atoms with Gasteiger partial charge < -0.3 is 14.2 Å². The Hall–Kier alpha value is -1.62. The van der Waals surface area contributed by atoms with Crippen LogP contribution >= 0.6 is 0 Å². The lowest BCUT2D eigenvalue weighted by Crippen LogP contribution is -2.49. The van der Waals surface area contributed by atoms with Crippen molar-refractivity contribution >= 4 is 11.9 Å². The van der Waals surface area contributed by atoms with Crippen molar-refractivity contribution in [1.29, 1.82) is 0 Å². The molecule has 0 heterocycles. The highest BCUT2D eigenvalue weighted by Gasteiger charge is 2.52. The predicted molar refractivity (Wildman–Crippen MR) is 85.7 cm³/mol. The van der Waals surface area contributed by atoms with Gasteiger partial charge in [-0.05, 0) is 38.5 Å². The van der Waals surface area contributed by atoms with Gasteiger partial charge in [0.2, 0.25) is 0 Å². The first-order valence-corrected chi connectivity index (χ1v) is 8.28. The second-order valence-corrected chi connectivity index (χ2v) is 6.39. The summed E-state index contributed by atoms with van der Waals surface area (Å²) in [6.07, 6.45) is 6.03. The van der Waals surface area contributed by atoms with Crippen molar-refractivity contribution in [3.8, 4) is 0 Å². The third-order valence-corrected chi connectivity index (χ3v) is 5.09. The van der Waals surface area contributed by atoms with E-state index >= 15 is 0 Å². The molecule has 2 saturated carbocycles. The van der Waals surface area contributed by atoms with Gasteiger partial charge in [-0.1, -0.05) is 19.6 Å². The summed E-state index contributed by atoms with van der Waals surface area (Å²) in [5.74, 6) is -0.544. The molecule has 0 radical (unpaired) electrons. The van der Waals surface area contributed by atoms with Gasteiger partial charge in [-0.25, -0.2) is 9.59 Å². The van der Waals surface area contributed by atoms with Crippen LogP contribution in [0, 0.1) is 11.3 Å². The van der Waals surface area contributed by atoms with Gasteiger partial charge in [-0.15, -0.1) is 0 Å². The maximum absolute atomic E-state index is 11.7. The minimum absolute atomic E-state index is 0.0131. The van der Waals surface area contributed by atoms with E-state index in [2.05, 4.69) is 13.2 Å². The quantitative estimate of drug-likeness (QED) is 0.533. The van der Waals surface area contributed by atoms with Crippen molar-refractivity contribution in [3.05, 3.63) is 25.3 Å². The smallest absolute Gasteiger partial charge is 0.330 e. The van der Waals surface area contributed by atoms with E-state index in [-0.39, 0.29) is 5.41 Å². The molecule has 23 heavy (non-hydrogen) atoms. The van der Waals surface area contributed by atoms with E-state index in [1.807, 2.05) is 6.92 Å². The van der Waals surface area contributed by atoms with Crippen molar-refractivity contribution < 1.29 is 23.8 Å². The monoisotopic (exact) mass is 322 g/mol. The van der Waals surface area contributed by atoms with Crippen molar-refractivity contribution in [2.24, 2.45) is 11.3 Å². The van der Waals surface area contributed by atoms with Gasteiger partial charge in [-0.3, -0.25) is 0 Å². The highest BCUT2D eigenvalue weighted by molar-refractivity contribution is 5.82. The summed E-state index contributed by atoms with van der Waals surface area (Å²) in [6.45, 7) is 10.2. The number of carbonyl (C=O) groups is 2. The molecule has 0 aromatic heterocycles. The summed E-state index contributed by atoms with van der Waals surface area (Å²) in [5, 5.41) is 0. The first-order chi connectivity index (χ1) is 11.0. The average Bonchev–Trinajstić information content (AvgIpc) is 2.95. The summed E-state index contributed by atoms with van der Waals surface area (Å²) in [4.78, 5) is 23.3. The molecule has 0 aliphatic heterocycles. The van der Waals surface area contributed by atoms with E-state index in [0.29, 0.717) is 32.0 Å². The Morgan fingerprint density at radius 3 is 2.43 bits per heavy atom. The van der Waals surface area contributed by atoms with E-state index in [1.165, 1.54) is 0 Å². The van der Waals surface area contributed by atoms with Gasteiger partial charge in [0.1, 0.15) is 12.2 Å². The molecule has 5 nitrogen and oxygen atoms in total. The van der Waals surface area contributed by atoms with Crippen molar-refractivity contribution in [3.63, 3.8) is 0 Å². The molecule has 0 spiro atoms. The van der Waals surface area contributed by atoms with E-state index in [1.54, 1.807) is 0 Å². The Morgan fingerprint density at radius 1 is 1.17 bits per heavy atom. The first kappa shape index (κ1) is 17.7. The Kier molecular flexibility index (Phi) is 5.99. The summed E-state index contributed by atoms with van der Waals surface area (Å²) < 4.78 is 16.6. The molecular weight excluding hydrogens is 296 g/mol. The van der Waals surface area contributed by atoms with Gasteiger partial charge in [0.15, 0.2) is 0 Å². The maximum Gasteiger partial charge on any atom is 0.330 e. The van der Waals surface area contributed by atoms with E-state index in [4.69, 9.17) is 14.2 Å². The molecule has 0 saturated heterocycles. The zero-order valence-corrected chi connectivity index (χ0v) is 13.8. The molecule has 0 amide bonds. The molecule has 4 unspecified atom stereocenters. The van der Waals surface area contributed by atoms with Crippen LogP contribution in [0.3, 0.4) is 0 Å². The second-order valence-electron chi connectivity index (χ2n) is 6.39. The molecule has 4 atom stereocenters. The molecule has 2 aliphatic rings. The second kappa shape index (κ2) is 7.77. The average molecular weight is 322 g/mol. The van der Waals surface area contributed by atoms with Gasteiger partial charge in [0.25, 0.3) is 0 Å². The van der Waals surface area contributed by atoms with Gasteiger partial charge >= 0.3 is 11.9 Å². The molecule has 128 valence electrons. The maximum atomic E-state index is 11.7. The van der Waals surface area contributed by atoms with Crippen LogP contribution in [0.4, 0.5) is 0 Å². The van der Waals surface area contributed by atoms with E-state index in [9.17, 15) is 9.59 Å². The molecule has 0 N–H and O–H groups in total. The zero-order chi connectivity index (χ0) is 16.9. The number of fused-ring (bicyclic) bond motifs is 1. The number of hydrogen-bond donors (Lipinski definition) is 0. The van der Waals surface area contributed by atoms with Crippen LogP contribution in [-0.2, 0) is 23.8 Å². The van der Waals surface area contributed by atoms with Gasteiger partial charge in [0, 0.05) is 24.2 Å². The zero-order valence-electron chi connectivity index (χ0n) is 13.8. The molecule has 5 heteroatoms. The lowest BCUT2D eigenvalue weighted by Gasteiger charge is -2.45.